The van der Waals surface area contributed by atoms with Crippen LogP contribution in [0.25, 0.3) is 5.76 Å². The Kier molecular flexibility index (Phi) is 6.59. The van der Waals surface area contributed by atoms with Crippen molar-refractivity contribution in [3.8, 4) is 11.5 Å². The maximum atomic E-state index is 13.2. The summed E-state index contributed by atoms with van der Waals surface area (Å²) in [7, 11) is 4.21. The van der Waals surface area contributed by atoms with Gasteiger partial charge in [0.15, 0.2) is 11.5 Å². The van der Waals surface area contributed by atoms with Crippen LogP contribution in [0, 0.1) is 0 Å². The van der Waals surface area contributed by atoms with E-state index in [1.807, 2.05) is 0 Å². The first kappa shape index (κ1) is 23.6. The van der Waals surface area contributed by atoms with E-state index in [-0.39, 0.29) is 23.4 Å². The Labute approximate surface area is 201 Å². The summed E-state index contributed by atoms with van der Waals surface area (Å²) < 4.78 is 20.7. The molecule has 1 amide bonds. The van der Waals surface area contributed by atoms with Gasteiger partial charge in [0, 0.05) is 5.56 Å². The van der Waals surface area contributed by atoms with Crippen LogP contribution in [-0.4, -0.2) is 49.0 Å². The van der Waals surface area contributed by atoms with Gasteiger partial charge in [-0.3, -0.25) is 9.59 Å². The number of methoxy groups -OCH3 is 3. The van der Waals surface area contributed by atoms with Gasteiger partial charge < -0.3 is 28.6 Å². The molecule has 0 bridgehead atoms. The van der Waals surface area contributed by atoms with Gasteiger partial charge in [0.05, 0.1) is 51.3 Å². The van der Waals surface area contributed by atoms with Gasteiger partial charge in [0.2, 0.25) is 0 Å². The quantitative estimate of drug-likeness (QED) is 0.237. The van der Waals surface area contributed by atoms with Crippen molar-refractivity contribution in [1.29, 1.82) is 0 Å². The summed E-state index contributed by atoms with van der Waals surface area (Å²) in [4.78, 5) is 39.4. The predicted octanol–water partition coefficient (Wildman–Crippen LogP) is 3.71. The molecule has 9 heteroatoms. The Morgan fingerprint density at radius 3 is 2.26 bits per heavy atom. The number of amides is 1. The van der Waals surface area contributed by atoms with Crippen LogP contribution in [0.4, 0.5) is 0 Å². The van der Waals surface area contributed by atoms with E-state index in [0.29, 0.717) is 28.4 Å². The number of furan rings is 1. The topological polar surface area (TPSA) is 116 Å². The summed E-state index contributed by atoms with van der Waals surface area (Å²) in [6.07, 6.45) is 1.47. The van der Waals surface area contributed by atoms with E-state index in [4.69, 9.17) is 18.6 Å². The first-order chi connectivity index (χ1) is 16.9. The molecule has 4 rings (SSSR count). The molecule has 1 N–H and O–H groups in total. The highest BCUT2D eigenvalue weighted by Gasteiger charge is 2.46. The number of carbonyl (C=O) groups excluding carboxylic acids is 3. The van der Waals surface area contributed by atoms with Gasteiger partial charge in [-0.1, -0.05) is 12.1 Å². The van der Waals surface area contributed by atoms with Crippen molar-refractivity contribution in [3.05, 3.63) is 88.9 Å². The number of esters is 1. The van der Waals surface area contributed by atoms with E-state index < -0.39 is 23.7 Å². The second kappa shape index (κ2) is 9.76. The van der Waals surface area contributed by atoms with Crippen LogP contribution < -0.4 is 9.47 Å². The second-order valence-electron chi connectivity index (χ2n) is 7.69. The van der Waals surface area contributed by atoms with E-state index in [2.05, 4.69) is 0 Å². The Hall–Kier alpha value is -4.53. The minimum atomic E-state index is -0.931. The van der Waals surface area contributed by atoms with Crippen LogP contribution in [0.5, 0.6) is 11.5 Å². The monoisotopic (exact) mass is 477 g/mol. The van der Waals surface area contributed by atoms with E-state index in [1.165, 1.54) is 50.7 Å². The third-order valence-electron chi connectivity index (χ3n) is 5.75. The molecule has 1 fully saturated rings. The summed E-state index contributed by atoms with van der Waals surface area (Å²) >= 11 is 0. The van der Waals surface area contributed by atoms with Crippen LogP contribution in [-0.2, 0) is 20.9 Å². The van der Waals surface area contributed by atoms with Crippen molar-refractivity contribution in [3.63, 3.8) is 0 Å². The number of nitrogens with zero attached hydrogens (tertiary/aromatic N) is 1. The number of hydrogen-bond donors (Lipinski definition) is 1. The normalized spacial score (nSPS) is 16.9. The number of aliphatic hydroxyl groups is 1. The van der Waals surface area contributed by atoms with Crippen LogP contribution in [0.2, 0.25) is 0 Å². The lowest BCUT2D eigenvalue weighted by Gasteiger charge is -2.24. The lowest BCUT2D eigenvalue weighted by Crippen LogP contribution is -2.29. The van der Waals surface area contributed by atoms with Crippen LogP contribution in [0.1, 0.15) is 33.3 Å². The fourth-order valence-electron chi connectivity index (χ4n) is 4.02. The number of hydrogen-bond acceptors (Lipinski definition) is 8. The smallest absolute Gasteiger partial charge is 0.337 e. The van der Waals surface area contributed by atoms with Crippen LogP contribution in [0.3, 0.4) is 0 Å². The Balaban J connectivity index is 1.85. The zero-order valence-electron chi connectivity index (χ0n) is 19.3. The number of carbonyl (C=O) groups is 3. The zero-order chi connectivity index (χ0) is 25.1. The number of aliphatic hydroxyl groups excluding tert-OH is 1. The van der Waals surface area contributed by atoms with Crippen molar-refractivity contribution in [2.75, 3.05) is 21.3 Å². The third-order valence-corrected chi connectivity index (χ3v) is 5.75. The SMILES string of the molecule is COC(=O)c1ccc([C@@H]2C(=C(O)c3ccc(OC)c(OC)c3)C(=O)C(=O)N2Cc2ccco2)cc1. The number of rotatable bonds is 7. The van der Waals surface area contributed by atoms with Crippen molar-refractivity contribution >= 4 is 23.4 Å². The molecule has 0 saturated carbocycles. The summed E-state index contributed by atoms with van der Waals surface area (Å²) in [6.45, 7) is 0.00368. The van der Waals surface area contributed by atoms with Gasteiger partial charge in [-0.15, -0.1) is 0 Å². The summed E-state index contributed by atoms with van der Waals surface area (Å²) in [5.74, 6) is -1.26. The maximum absolute atomic E-state index is 13.2. The highest BCUT2D eigenvalue weighted by molar-refractivity contribution is 6.46. The minimum Gasteiger partial charge on any atom is -0.507 e. The van der Waals surface area contributed by atoms with Gasteiger partial charge in [-0.05, 0) is 48.0 Å². The molecule has 1 aliphatic rings. The van der Waals surface area contributed by atoms with E-state index in [9.17, 15) is 19.5 Å². The first-order valence-electron chi connectivity index (χ1n) is 10.6. The highest BCUT2D eigenvalue weighted by atomic mass is 16.5. The van der Waals surface area contributed by atoms with Crippen LogP contribution >= 0.6 is 0 Å². The Bertz CT molecular complexity index is 1290. The molecule has 180 valence electrons. The molecule has 0 unspecified atom stereocenters. The number of ether oxygens (including phenoxy) is 3. The molecule has 1 aromatic heterocycles. The highest BCUT2D eigenvalue weighted by Crippen LogP contribution is 2.41. The van der Waals surface area contributed by atoms with Crippen molar-refractivity contribution in [2.45, 2.75) is 12.6 Å². The lowest BCUT2D eigenvalue weighted by atomic mass is 9.94. The summed E-state index contributed by atoms with van der Waals surface area (Å²) in [5, 5.41) is 11.2. The molecule has 2 heterocycles. The molecule has 3 aromatic rings. The standard InChI is InChI=1S/C26H23NO8/c1-32-19-11-10-17(13-20(19)33-2)23(28)21-22(15-6-8-16(9-7-15)26(31)34-3)27(25(30)24(21)29)14-18-5-4-12-35-18/h4-13,22,28H,14H2,1-3H3/t22-/m1/s1. The molecule has 9 nitrogen and oxygen atoms in total. The molecular weight excluding hydrogens is 454 g/mol. The van der Waals surface area contributed by atoms with Crippen molar-refractivity contribution < 1.29 is 38.1 Å². The Morgan fingerprint density at radius 2 is 1.66 bits per heavy atom. The van der Waals surface area contributed by atoms with E-state index in [0.717, 1.165) is 0 Å². The van der Waals surface area contributed by atoms with Crippen molar-refractivity contribution in [1.82, 2.24) is 4.90 Å². The maximum Gasteiger partial charge on any atom is 0.337 e. The number of benzene rings is 2. The molecule has 35 heavy (non-hydrogen) atoms. The van der Waals surface area contributed by atoms with Gasteiger partial charge in [-0.2, -0.15) is 0 Å². The molecule has 0 aliphatic carbocycles. The van der Waals surface area contributed by atoms with E-state index in [1.54, 1.807) is 36.4 Å². The van der Waals surface area contributed by atoms with Gasteiger partial charge in [-0.25, -0.2) is 4.79 Å². The molecule has 2 aromatic carbocycles. The zero-order valence-corrected chi connectivity index (χ0v) is 19.3. The predicted molar refractivity (Wildman–Crippen MR) is 124 cm³/mol. The average Bonchev–Trinajstić information content (AvgIpc) is 3.49. The molecule has 0 spiro atoms. The second-order valence-corrected chi connectivity index (χ2v) is 7.69. The number of Topliss-reactive ketones (excluding diaryl/α,β-unsaturated/α-hetero) is 1. The fraction of sp³-hybridized carbons (Fsp3) is 0.192. The third kappa shape index (κ3) is 4.35. The van der Waals surface area contributed by atoms with Gasteiger partial charge in [0.25, 0.3) is 11.7 Å². The lowest BCUT2D eigenvalue weighted by molar-refractivity contribution is -0.140. The molecule has 0 radical (unpaired) electrons. The largest absolute Gasteiger partial charge is 0.507 e. The number of ketones is 1. The number of likely N-dealkylation sites (tertiary alicyclic amines) is 1. The minimum absolute atomic E-state index is 0.00368. The molecule has 1 atom stereocenters. The summed E-state index contributed by atoms with van der Waals surface area (Å²) in [6, 6.07) is 13.4. The molecule has 1 aliphatic heterocycles. The van der Waals surface area contributed by atoms with Gasteiger partial charge in [0.1, 0.15) is 11.5 Å². The summed E-state index contributed by atoms with van der Waals surface area (Å²) in [5.41, 5.74) is 0.999. The van der Waals surface area contributed by atoms with Crippen LogP contribution in [0.15, 0.2) is 70.9 Å². The molecular formula is C26H23NO8. The molecule has 1 saturated heterocycles. The van der Waals surface area contributed by atoms with Crippen molar-refractivity contribution in [2.24, 2.45) is 0 Å². The Morgan fingerprint density at radius 1 is 0.971 bits per heavy atom. The van der Waals surface area contributed by atoms with E-state index >= 15 is 0 Å². The average molecular weight is 477 g/mol. The van der Waals surface area contributed by atoms with Gasteiger partial charge >= 0.3 is 5.97 Å². The fourth-order valence-corrected chi connectivity index (χ4v) is 4.02. The first-order valence-corrected chi connectivity index (χ1v) is 10.6.